The zero-order valence-corrected chi connectivity index (χ0v) is 11.9. The van der Waals surface area contributed by atoms with E-state index in [1.165, 1.54) is 25.7 Å². The highest BCUT2D eigenvalue weighted by Gasteiger charge is 2.15. The molecule has 0 bridgehead atoms. The van der Waals surface area contributed by atoms with Gasteiger partial charge in [0.1, 0.15) is 12.3 Å². The number of oxazole rings is 1. The fraction of sp³-hybridized carbons (Fsp3) is 0.714. The van der Waals surface area contributed by atoms with Crippen LogP contribution in [-0.2, 0) is 13.0 Å². The van der Waals surface area contributed by atoms with Crippen LogP contribution in [0.2, 0.25) is 0 Å². The average Bonchev–Trinajstić information content (AvgIpc) is 2.97. The highest BCUT2D eigenvalue weighted by molar-refractivity contribution is 5.78. The molecule has 1 aromatic heterocycles. The minimum atomic E-state index is 0.466. The summed E-state index contributed by atoms with van der Waals surface area (Å²) in [4.78, 5) is 8.73. The van der Waals surface area contributed by atoms with Gasteiger partial charge in [0.2, 0.25) is 0 Å². The van der Waals surface area contributed by atoms with Crippen molar-refractivity contribution in [3.8, 4) is 0 Å². The van der Waals surface area contributed by atoms with Crippen LogP contribution in [0.25, 0.3) is 0 Å². The van der Waals surface area contributed by atoms with Gasteiger partial charge in [0.05, 0.1) is 5.69 Å². The van der Waals surface area contributed by atoms with Crippen molar-refractivity contribution in [1.82, 2.24) is 10.3 Å². The molecule has 1 aliphatic rings. The quantitative estimate of drug-likeness (QED) is 0.632. The summed E-state index contributed by atoms with van der Waals surface area (Å²) >= 11 is 0. The second-order valence-corrected chi connectivity index (χ2v) is 5.19. The Bertz CT molecular complexity index is 433. The van der Waals surface area contributed by atoms with Gasteiger partial charge in [-0.25, -0.2) is 9.98 Å². The molecule has 106 valence electrons. The number of hydrogen-bond acceptors (Lipinski definition) is 3. The Kier molecular flexibility index (Phi) is 4.82. The van der Waals surface area contributed by atoms with E-state index in [4.69, 9.17) is 10.2 Å². The van der Waals surface area contributed by atoms with Gasteiger partial charge in [0.15, 0.2) is 11.9 Å². The van der Waals surface area contributed by atoms with Gasteiger partial charge in [0.25, 0.3) is 0 Å². The number of aromatic nitrogens is 1. The lowest BCUT2D eigenvalue weighted by molar-refractivity contribution is 0.453. The summed E-state index contributed by atoms with van der Waals surface area (Å²) in [5, 5.41) is 3.27. The number of nitrogens with one attached hydrogen (secondary N) is 1. The van der Waals surface area contributed by atoms with Gasteiger partial charge in [-0.2, -0.15) is 0 Å². The fourth-order valence-corrected chi connectivity index (χ4v) is 2.44. The lowest BCUT2D eigenvalue weighted by Gasteiger charge is -2.11. The smallest absolute Gasteiger partial charge is 0.194 e. The van der Waals surface area contributed by atoms with E-state index in [1.807, 2.05) is 6.92 Å². The van der Waals surface area contributed by atoms with Crippen LogP contribution in [-0.4, -0.2) is 17.0 Å². The van der Waals surface area contributed by atoms with Crippen molar-refractivity contribution >= 4 is 5.96 Å². The first-order valence-corrected chi connectivity index (χ1v) is 7.20. The molecule has 1 aliphatic carbocycles. The zero-order chi connectivity index (χ0) is 13.7. The van der Waals surface area contributed by atoms with E-state index in [-0.39, 0.29) is 0 Å². The zero-order valence-electron chi connectivity index (χ0n) is 11.9. The number of rotatable bonds is 5. The second-order valence-electron chi connectivity index (χ2n) is 5.19. The number of nitrogens with two attached hydrogens (primary N) is 1. The SMILES string of the molecule is CCCc1nc(C)c(CN=C(N)NC2CCCC2)o1. The van der Waals surface area contributed by atoms with Gasteiger partial charge in [0, 0.05) is 12.5 Å². The number of aliphatic imine (C=N–C) groups is 1. The number of guanidine groups is 1. The summed E-state index contributed by atoms with van der Waals surface area (Å²) in [7, 11) is 0. The van der Waals surface area contributed by atoms with Crippen LogP contribution < -0.4 is 11.1 Å². The van der Waals surface area contributed by atoms with Crippen molar-refractivity contribution in [2.75, 3.05) is 0 Å². The van der Waals surface area contributed by atoms with Crippen LogP contribution in [0.5, 0.6) is 0 Å². The lowest BCUT2D eigenvalue weighted by atomic mass is 10.2. The standard InChI is InChI=1S/C14H24N4O/c1-3-6-13-17-10(2)12(19-13)9-16-14(15)18-11-7-4-5-8-11/h11H,3-9H2,1-2H3,(H3,15,16,18). The molecule has 19 heavy (non-hydrogen) atoms. The first-order chi connectivity index (χ1) is 9.19. The lowest BCUT2D eigenvalue weighted by Crippen LogP contribution is -2.38. The normalized spacial score (nSPS) is 17.1. The molecule has 0 unspecified atom stereocenters. The summed E-state index contributed by atoms with van der Waals surface area (Å²) < 4.78 is 5.67. The van der Waals surface area contributed by atoms with Crippen LogP contribution >= 0.6 is 0 Å². The molecule has 1 fully saturated rings. The van der Waals surface area contributed by atoms with Crippen molar-refractivity contribution in [3.05, 3.63) is 17.3 Å². The van der Waals surface area contributed by atoms with Crippen LogP contribution in [0, 0.1) is 6.92 Å². The maximum absolute atomic E-state index is 5.89. The topological polar surface area (TPSA) is 76.4 Å². The summed E-state index contributed by atoms with van der Waals surface area (Å²) in [6.45, 7) is 4.53. The van der Waals surface area contributed by atoms with Gasteiger partial charge < -0.3 is 15.5 Å². The minimum absolute atomic E-state index is 0.466. The van der Waals surface area contributed by atoms with E-state index in [9.17, 15) is 0 Å². The third kappa shape index (κ3) is 3.98. The number of aryl methyl sites for hydroxylation is 2. The van der Waals surface area contributed by atoms with E-state index in [0.29, 0.717) is 18.5 Å². The van der Waals surface area contributed by atoms with Gasteiger partial charge in [-0.15, -0.1) is 0 Å². The molecule has 0 aromatic carbocycles. The first-order valence-electron chi connectivity index (χ1n) is 7.20. The Morgan fingerprint density at radius 3 is 2.89 bits per heavy atom. The molecule has 0 spiro atoms. The van der Waals surface area contributed by atoms with Crippen molar-refractivity contribution < 1.29 is 4.42 Å². The van der Waals surface area contributed by atoms with Crippen LogP contribution in [0.4, 0.5) is 0 Å². The Balaban J connectivity index is 1.89. The maximum Gasteiger partial charge on any atom is 0.194 e. The molecule has 0 atom stereocenters. The monoisotopic (exact) mass is 264 g/mol. The van der Waals surface area contributed by atoms with Gasteiger partial charge in [-0.3, -0.25) is 0 Å². The van der Waals surface area contributed by atoms with Crippen molar-refractivity contribution in [2.45, 2.75) is 65.0 Å². The third-order valence-corrected chi connectivity index (χ3v) is 3.50. The molecule has 1 saturated carbocycles. The van der Waals surface area contributed by atoms with E-state index < -0.39 is 0 Å². The largest absolute Gasteiger partial charge is 0.443 e. The molecule has 2 rings (SSSR count). The Morgan fingerprint density at radius 2 is 2.21 bits per heavy atom. The molecule has 0 saturated heterocycles. The van der Waals surface area contributed by atoms with E-state index in [0.717, 1.165) is 30.2 Å². The van der Waals surface area contributed by atoms with E-state index >= 15 is 0 Å². The highest BCUT2D eigenvalue weighted by Crippen LogP contribution is 2.17. The molecule has 0 aliphatic heterocycles. The molecule has 5 nitrogen and oxygen atoms in total. The van der Waals surface area contributed by atoms with Crippen LogP contribution in [0.3, 0.4) is 0 Å². The fourth-order valence-electron chi connectivity index (χ4n) is 2.44. The third-order valence-electron chi connectivity index (χ3n) is 3.50. The molecule has 5 heteroatoms. The first kappa shape index (κ1) is 13.9. The second kappa shape index (κ2) is 6.59. The molecular weight excluding hydrogens is 240 g/mol. The average molecular weight is 264 g/mol. The Hall–Kier alpha value is -1.52. The number of hydrogen-bond donors (Lipinski definition) is 2. The Morgan fingerprint density at radius 1 is 1.47 bits per heavy atom. The predicted molar refractivity (Wildman–Crippen MR) is 76.0 cm³/mol. The summed E-state index contributed by atoms with van der Waals surface area (Å²) in [6, 6.07) is 0.496. The van der Waals surface area contributed by atoms with Gasteiger partial charge in [-0.05, 0) is 26.2 Å². The molecule has 0 radical (unpaired) electrons. The van der Waals surface area contributed by atoms with Crippen molar-refractivity contribution in [2.24, 2.45) is 10.7 Å². The van der Waals surface area contributed by atoms with Gasteiger partial charge >= 0.3 is 0 Å². The Labute approximate surface area is 114 Å². The predicted octanol–water partition coefficient (Wildman–Crippen LogP) is 2.28. The van der Waals surface area contributed by atoms with Crippen LogP contribution in [0.1, 0.15) is 56.4 Å². The van der Waals surface area contributed by atoms with E-state index in [2.05, 4.69) is 22.2 Å². The number of nitrogens with zero attached hydrogens (tertiary/aromatic N) is 2. The minimum Gasteiger partial charge on any atom is -0.443 e. The van der Waals surface area contributed by atoms with Gasteiger partial charge in [-0.1, -0.05) is 19.8 Å². The summed E-state index contributed by atoms with van der Waals surface area (Å²) in [5.41, 5.74) is 6.81. The van der Waals surface area contributed by atoms with Crippen molar-refractivity contribution in [1.29, 1.82) is 0 Å². The maximum atomic E-state index is 5.89. The highest BCUT2D eigenvalue weighted by atomic mass is 16.4. The van der Waals surface area contributed by atoms with Crippen LogP contribution in [0.15, 0.2) is 9.41 Å². The summed E-state index contributed by atoms with van der Waals surface area (Å²) in [6.07, 6.45) is 6.86. The molecule has 0 amide bonds. The molecular formula is C14H24N4O. The summed E-state index contributed by atoms with van der Waals surface area (Å²) in [5.74, 6) is 2.13. The van der Waals surface area contributed by atoms with E-state index in [1.54, 1.807) is 0 Å². The molecule has 1 heterocycles. The molecule has 1 aromatic rings. The van der Waals surface area contributed by atoms with Crippen molar-refractivity contribution in [3.63, 3.8) is 0 Å². The molecule has 3 N–H and O–H groups in total.